The molecule has 0 bridgehead atoms. The first-order valence-corrected chi connectivity index (χ1v) is 7.75. The molecule has 0 amide bonds. The predicted octanol–water partition coefficient (Wildman–Crippen LogP) is 3.55. The average Bonchev–Trinajstić information content (AvgIpc) is 2.75. The summed E-state index contributed by atoms with van der Waals surface area (Å²) in [6, 6.07) is 5.52. The third kappa shape index (κ3) is 4.71. The second-order valence-corrected chi connectivity index (χ2v) is 6.86. The average molecular weight is 268 g/mol. The highest BCUT2D eigenvalue weighted by Gasteiger charge is 2.18. The first-order chi connectivity index (χ1) is 8.43. The van der Waals surface area contributed by atoms with Crippen LogP contribution in [0.25, 0.3) is 0 Å². The molecule has 1 rings (SSSR count). The maximum absolute atomic E-state index is 3.77. The van der Waals surface area contributed by atoms with E-state index in [1.54, 1.807) is 0 Å². The van der Waals surface area contributed by atoms with Crippen LogP contribution in [0.4, 0.5) is 0 Å². The lowest BCUT2D eigenvalue weighted by atomic mass is 10.0. The summed E-state index contributed by atoms with van der Waals surface area (Å²) in [5.74, 6) is 0.653. The minimum atomic E-state index is 0.447. The molecule has 0 spiro atoms. The van der Waals surface area contributed by atoms with Crippen LogP contribution in [0.2, 0.25) is 0 Å². The summed E-state index contributed by atoms with van der Waals surface area (Å²) in [7, 11) is 4.28. The van der Waals surface area contributed by atoms with Gasteiger partial charge in [-0.2, -0.15) is 0 Å². The topological polar surface area (TPSA) is 15.3 Å². The van der Waals surface area contributed by atoms with E-state index in [0.29, 0.717) is 18.0 Å². The van der Waals surface area contributed by atoms with Gasteiger partial charge in [-0.25, -0.2) is 0 Å². The van der Waals surface area contributed by atoms with E-state index in [-0.39, 0.29) is 0 Å². The Morgan fingerprint density at radius 1 is 1.22 bits per heavy atom. The lowest BCUT2D eigenvalue weighted by Crippen LogP contribution is -2.42. The molecule has 2 atom stereocenters. The molecule has 1 aromatic rings. The summed E-state index contributed by atoms with van der Waals surface area (Å²) in [6.07, 6.45) is 1.14. The molecule has 1 heterocycles. The Balaban J connectivity index is 2.62. The maximum Gasteiger partial charge on any atom is 0.0388 e. The van der Waals surface area contributed by atoms with Gasteiger partial charge in [-0.3, -0.25) is 0 Å². The van der Waals surface area contributed by atoms with Crippen molar-refractivity contribution < 1.29 is 0 Å². The molecule has 104 valence electrons. The fourth-order valence-corrected chi connectivity index (χ4v) is 3.03. The summed E-state index contributed by atoms with van der Waals surface area (Å²) in [6.45, 7) is 10.2. The summed E-state index contributed by atoms with van der Waals surface area (Å²) >= 11 is 1.94. The molecule has 3 heteroatoms. The van der Waals surface area contributed by atoms with E-state index in [1.807, 2.05) is 11.3 Å². The van der Waals surface area contributed by atoms with Crippen LogP contribution in [0.15, 0.2) is 12.1 Å². The Bertz CT molecular complexity index is 344. The molecule has 18 heavy (non-hydrogen) atoms. The number of nitrogens with zero attached hydrogens (tertiary/aromatic N) is 1. The second kappa shape index (κ2) is 7.27. The van der Waals surface area contributed by atoms with Gasteiger partial charge in [0.05, 0.1) is 0 Å². The molecule has 0 saturated heterocycles. The van der Waals surface area contributed by atoms with Crippen molar-refractivity contribution in [1.82, 2.24) is 10.2 Å². The number of aryl methyl sites for hydroxylation is 1. The van der Waals surface area contributed by atoms with Crippen molar-refractivity contribution in [1.29, 1.82) is 0 Å². The monoisotopic (exact) mass is 268 g/mol. The third-order valence-electron chi connectivity index (χ3n) is 3.29. The fraction of sp³-hybridized carbons (Fsp3) is 0.733. The molecule has 0 aliphatic rings. The van der Waals surface area contributed by atoms with Gasteiger partial charge in [-0.05, 0) is 45.5 Å². The Morgan fingerprint density at radius 2 is 1.89 bits per heavy atom. The number of nitrogens with one attached hydrogen (secondary N) is 1. The molecule has 0 aliphatic carbocycles. The molecule has 0 radical (unpaired) electrons. The SMILES string of the molecule is CCc1ccc(C(C)NC(CN(C)C)C(C)C)s1. The normalized spacial score (nSPS) is 15.3. The summed E-state index contributed by atoms with van der Waals surface area (Å²) in [5.41, 5.74) is 0. The molecular formula is C15H28N2S. The minimum Gasteiger partial charge on any atom is -0.308 e. The molecule has 0 aliphatic heterocycles. The van der Waals surface area contributed by atoms with Gasteiger partial charge in [-0.15, -0.1) is 11.3 Å². The zero-order valence-corrected chi connectivity index (χ0v) is 13.5. The van der Waals surface area contributed by atoms with E-state index in [2.05, 4.69) is 64.1 Å². The second-order valence-electron chi connectivity index (χ2n) is 5.66. The molecule has 2 nitrogen and oxygen atoms in total. The molecule has 0 saturated carbocycles. The van der Waals surface area contributed by atoms with Crippen LogP contribution >= 0.6 is 11.3 Å². The van der Waals surface area contributed by atoms with Crippen molar-refractivity contribution in [2.75, 3.05) is 20.6 Å². The van der Waals surface area contributed by atoms with Crippen molar-refractivity contribution in [3.63, 3.8) is 0 Å². The number of hydrogen-bond donors (Lipinski definition) is 1. The van der Waals surface area contributed by atoms with Crippen LogP contribution < -0.4 is 5.32 Å². The summed E-state index contributed by atoms with van der Waals surface area (Å²) in [5, 5.41) is 3.77. The van der Waals surface area contributed by atoms with Crippen LogP contribution in [0.3, 0.4) is 0 Å². The van der Waals surface area contributed by atoms with Crippen molar-refractivity contribution in [2.45, 2.75) is 46.2 Å². The van der Waals surface area contributed by atoms with Crippen LogP contribution in [0, 0.1) is 5.92 Å². The van der Waals surface area contributed by atoms with Gasteiger partial charge in [-0.1, -0.05) is 20.8 Å². The Labute approximate surface area is 116 Å². The quantitative estimate of drug-likeness (QED) is 0.813. The van der Waals surface area contributed by atoms with Gasteiger partial charge in [0.25, 0.3) is 0 Å². The highest BCUT2D eigenvalue weighted by molar-refractivity contribution is 7.12. The molecule has 1 aromatic heterocycles. The van der Waals surface area contributed by atoms with Gasteiger partial charge < -0.3 is 10.2 Å². The predicted molar refractivity (Wildman–Crippen MR) is 82.4 cm³/mol. The largest absolute Gasteiger partial charge is 0.308 e. The fourth-order valence-electron chi connectivity index (χ4n) is 2.07. The number of rotatable bonds is 7. The van der Waals surface area contributed by atoms with Crippen molar-refractivity contribution in [2.24, 2.45) is 5.92 Å². The number of hydrogen-bond acceptors (Lipinski definition) is 3. The van der Waals surface area contributed by atoms with Crippen molar-refractivity contribution in [3.05, 3.63) is 21.9 Å². The van der Waals surface area contributed by atoms with E-state index >= 15 is 0 Å². The summed E-state index contributed by atoms with van der Waals surface area (Å²) < 4.78 is 0. The summed E-state index contributed by atoms with van der Waals surface area (Å²) in [4.78, 5) is 5.19. The van der Waals surface area contributed by atoms with E-state index in [4.69, 9.17) is 0 Å². The van der Waals surface area contributed by atoms with Crippen LogP contribution in [0.1, 0.15) is 43.5 Å². The van der Waals surface area contributed by atoms with Gasteiger partial charge >= 0.3 is 0 Å². The molecular weight excluding hydrogens is 240 g/mol. The van der Waals surface area contributed by atoms with E-state index in [1.165, 1.54) is 9.75 Å². The van der Waals surface area contributed by atoms with Crippen LogP contribution in [-0.4, -0.2) is 31.6 Å². The van der Waals surface area contributed by atoms with Gasteiger partial charge in [0.15, 0.2) is 0 Å². The van der Waals surface area contributed by atoms with Crippen LogP contribution in [-0.2, 0) is 6.42 Å². The zero-order chi connectivity index (χ0) is 13.7. The molecule has 0 fully saturated rings. The van der Waals surface area contributed by atoms with Gasteiger partial charge in [0, 0.05) is 28.4 Å². The Morgan fingerprint density at radius 3 is 2.33 bits per heavy atom. The molecule has 0 aromatic carbocycles. The van der Waals surface area contributed by atoms with Crippen LogP contribution in [0.5, 0.6) is 0 Å². The number of likely N-dealkylation sites (N-methyl/N-ethyl adjacent to an activating group) is 1. The Kier molecular flexibility index (Phi) is 6.33. The minimum absolute atomic E-state index is 0.447. The lowest BCUT2D eigenvalue weighted by Gasteiger charge is -2.28. The molecule has 1 N–H and O–H groups in total. The van der Waals surface area contributed by atoms with Crippen molar-refractivity contribution >= 4 is 11.3 Å². The molecule has 2 unspecified atom stereocenters. The maximum atomic E-state index is 3.77. The highest BCUT2D eigenvalue weighted by Crippen LogP contribution is 2.24. The van der Waals surface area contributed by atoms with E-state index < -0.39 is 0 Å². The Hall–Kier alpha value is -0.380. The third-order valence-corrected chi connectivity index (χ3v) is 4.70. The standard InChI is InChI=1S/C15H28N2S/c1-7-13-8-9-15(18-13)12(4)16-14(11(2)3)10-17(5)6/h8-9,11-12,14,16H,7,10H2,1-6H3. The highest BCUT2D eigenvalue weighted by atomic mass is 32.1. The van der Waals surface area contributed by atoms with Crippen molar-refractivity contribution in [3.8, 4) is 0 Å². The van der Waals surface area contributed by atoms with Gasteiger partial charge in [0.2, 0.25) is 0 Å². The zero-order valence-electron chi connectivity index (χ0n) is 12.7. The smallest absolute Gasteiger partial charge is 0.0388 e. The number of thiophene rings is 1. The first-order valence-electron chi connectivity index (χ1n) is 6.93. The first kappa shape index (κ1) is 15.7. The van der Waals surface area contributed by atoms with Gasteiger partial charge in [0.1, 0.15) is 0 Å². The lowest BCUT2D eigenvalue weighted by molar-refractivity contribution is 0.274. The van der Waals surface area contributed by atoms with E-state index in [9.17, 15) is 0 Å². The van der Waals surface area contributed by atoms with E-state index in [0.717, 1.165) is 13.0 Å².